The Morgan fingerprint density at radius 2 is 2.05 bits per heavy atom. The summed E-state index contributed by atoms with van der Waals surface area (Å²) in [6, 6.07) is 11.6. The molecule has 0 saturated heterocycles. The van der Waals surface area contributed by atoms with E-state index in [4.69, 9.17) is 9.15 Å². The highest BCUT2D eigenvalue weighted by Crippen LogP contribution is 2.35. The Bertz CT molecular complexity index is 797. The number of para-hydroxylation sites is 1. The van der Waals surface area contributed by atoms with Crippen molar-refractivity contribution in [2.75, 3.05) is 7.11 Å². The summed E-state index contributed by atoms with van der Waals surface area (Å²) < 4.78 is 25.2. The van der Waals surface area contributed by atoms with E-state index in [0.717, 1.165) is 4.47 Å². The molecule has 5 heteroatoms. The predicted molar refractivity (Wildman–Crippen MR) is 80.9 cm³/mol. The number of hydrogen-bond acceptors (Lipinski definition) is 3. The Morgan fingerprint density at radius 3 is 2.76 bits per heavy atom. The van der Waals surface area contributed by atoms with Gasteiger partial charge < -0.3 is 14.3 Å². The fourth-order valence-electron chi connectivity index (χ4n) is 2.25. The summed E-state index contributed by atoms with van der Waals surface area (Å²) in [6.45, 7) is 0. The van der Waals surface area contributed by atoms with Gasteiger partial charge in [-0.1, -0.05) is 28.1 Å². The molecule has 0 saturated carbocycles. The maximum Gasteiger partial charge on any atom is 0.170 e. The molecule has 0 fully saturated rings. The Morgan fingerprint density at radius 1 is 1.24 bits per heavy atom. The number of fused-ring (bicyclic) bond motifs is 1. The third kappa shape index (κ3) is 2.54. The van der Waals surface area contributed by atoms with Gasteiger partial charge in [0.1, 0.15) is 17.6 Å². The van der Waals surface area contributed by atoms with E-state index in [0.29, 0.717) is 16.7 Å². The first-order valence-corrected chi connectivity index (χ1v) is 7.09. The highest BCUT2D eigenvalue weighted by molar-refractivity contribution is 9.10. The molecule has 0 aliphatic rings. The molecule has 1 atom stereocenters. The number of methoxy groups -OCH3 is 1. The summed E-state index contributed by atoms with van der Waals surface area (Å²) in [6.07, 6.45) is -1.04. The van der Waals surface area contributed by atoms with Crippen molar-refractivity contribution in [2.24, 2.45) is 0 Å². The van der Waals surface area contributed by atoms with E-state index in [1.54, 1.807) is 30.3 Å². The van der Waals surface area contributed by atoms with Crippen LogP contribution in [0.4, 0.5) is 4.39 Å². The minimum Gasteiger partial charge on any atom is -0.496 e. The highest BCUT2D eigenvalue weighted by atomic mass is 79.9. The van der Waals surface area contributed by atoms with Gasteiger partial charge >= 0.3 is 0 Å². The van der Waals surface area contributed by atoms with Gasteiger partial charge in [-0.05, 0) is 30.3 Å². The molecule has 1 N–H and O–H groups in total. The molecule has 108 valence electrons. The zero-order valence-corrected chi connectivity index (χ0v) is 12.7. The van der Waals surface area contributed by atoms with Crippen molar-refractivity contribution < 1.29 is 18.7 Å². The molecule has 0 aliphatic carbocycles. The first-order chi connectivity index (χ1) is 10.1. The van der Waals surface area contributed by atoms with Crippen LogP contribution < -0.4 is 4.74 Å². The molecule has 1 unspecified atom stereocenters. The van der Waals surface area contributed by atoms with Gasteiger partial charge in [0.2, 0.25) is 0 Å². The van der Waals surface area contributed by atoms with Gasteiger partial charge in [-0.2, -0.15) is 0 Å². The lowest BCUT2D eigenvalue weighted by atomic mass is 10.1. The third-order valence-corrected chi connectivity index (χ3v) is 3.76. The Labute approximate surface area is 129 Å². The van der Waals surface area contributed by atoms with Gasteiger partial charge in [0.05, 0.1) is 7.11 Å². The molecule has 3 nitrogen and oxygen atoms in total. The second kappa shape index (κ2) is 5.50. The second-order valence-electron chi connectivity index (χ2n) is 4.60. The van der Waals surface area contributed by atoms with E-state index in [1.807, 2.05) is 6.07 Å². The topological polar surface area (TPSA) is 42.6 Å². The van der Waals surface area contributed by atoms with E-state index >= 15 is 0 Å². The number of furan rings is 1. The van der Waals surface area contributed by atoms with Crippen molar-refractivity contribution in [2.45, 2.75) is 6.10 Å². The molecular formula is C16H12BrFO3. The van der Waals surface area contributed by atoms with E-state index in [2.05, 4.69) is 15.9 Å². The van der Waals surface area contributed by atoms with Crippen LogP contribution in [-0.2, 0) is 0 Å². The zero-order valence-electron chi connectivity index (χ0n) is 11.1. The van der Waals surface area contributed by atoms with Gasteiger partial charge in [-0.3, -0.25) is 0 Å². The number of aliphatic hydroxyl groups is 1. The number of benzene rings is 2. The molecule has 21 heavy (non-hydrogen) atoms. The van der Waals surface area contributed by atoms with Crippen LogP contribution in [0, 0.1) is 5.82 Å². The summed E-state index contributed by atoms with van der Waals surface area (Å²) in [4.78, 5) is 0. The fourth-order valence-corrected chi connectivity index (χ4v) is 2.63. The second-order valence-corrected chi connectivity index (χ2v) is 5.51. The minimum atomic E-state index is -1.04. The Hall–Kier alpha value is -1.85. The number of halogens is 2. The van der Waals surface area contributed by atoms with Gasteiger partial charge in [0.15, 0.2) is 11.4 Å². The molecule has 1 aromatic heterocycles. The van der Waals surface area contributed by atoms with Crippen LogP contribution in [0.2, 0.25) is 0 Å². The smallest absolute Gasteiger partial charge is 0.170 e. The Kier molecular flexibility index (Phi) is 3.69. The van der Waals surface area contributed by atoms with Crippen LogP contribution in [0.3, 0.4) is 0 Å². The van der Waals surface area contributed by atoms with Crippen molar-refractivity contribution in [3.8, 4) is 5.75 Å². The average Bonchev–Trinajstić information content (AvgIpc) is 2.92. The maximum atomic E-state index is 13.7. The summed E-state index contributed by atoms with van der Waals surface area (Å²) in [5.74, 6) is 0.352. The lowest BCUT2D eigenvalue weighted by Gasteiger charge is -2.13. The van der Waals surface area contributed by atoms with Gasteiger partial charge in [-0.25, -0.2) is 4.39 Å². The molecule has 2 aromatic carbocycles. The van der Waals surface area contributed by atoms with Gasteiger partial charge in [-0.15, -0.1) is 0 Å². The predicted octanol–water partition coefficient (Wildman–Crippen LogP) is 4.42. The SMILES string of the molecule is COc1ccc(Br)cc1C(O)c1cc2cccc(F)c2o1. The van der Waals surface area contributed by atoms with Crippen LogP contribution in [-0.4, -0.2) is 12.2 Å². The molecule has 3 rings (SSSR count). The molecule has 0 amide bonds. The molecular weight excluding hydrogens is 339 g/mol. The largest absolute Gasteiger partial charge is 0.496 e. The van der Waals surface area contributed by atoms with Crippen LogP contribution in [0.5, 0.6) is 5.75 Å². The van der Waals surface area contributed by atoms with Crippen LogP contribution in [0.15, 0.2) is 51.4 Å². The average molecular weight is 351 g/mol. The van der Waals surface area contributed by atoms with Crippen molar-refractivity contribution in [3.05, 3.63) is 64.1 Å². The molecule has 1 heterocycles. The van der Waals surface area contributed by atoms with Crippen molar-refractivity contribution in [3.63, 3.8) is 0 Å². The van der Waals surface area contributed by atoms with Gasteiger partial charge in [0.25, 0.3) is 0 Å². The highest BCUT2D eigenvalue weighted by Gasteiger charge is 2.20. The van der Waals surface area contributed by atoms with Crippen molar-refractivity contribution >= 4 is 26.9 Å². The number of hydrogen-bond donors (Lipinski definition) is 1. The fraction of sp³-hybridized carbons (Fsp3) is 0.125. The van der Waals surface area contributed by atoms with E-state index < -0.39 is 11.9 Å². The monoisotopic (exact) mass is 350 g/mol. The van der Waals surface area contributed by atoms with E-state index in [9.17, 15) is 9.50 Å². The van der Waals surface area contributed by atoms with Crippen molar-refractivity contribution in [1.29, 1.82) is 0 Å². The summed E-state index contributed by atoms with van der Waals surface area (Å²) in [5, 5.41) is 11.1. The molecule has 0 aliphatic heterocycles. The zero-order chi connectivity index (χ0) is 15.0. The quantitative estimate of drug-likeness (QED) is 0.759. The number of rotatable bonds is 3. The molecule has 0 spiro atoms. The first-order valence-electron chi connectivity index (χ1n) is 6.29. The first kappa shape index (κ1) is 14.1. The summed E-state index contributed by atoms with van der Waals surface area (Å²) >= 11 is 3.36. The molecule has 3 aromatic rings. The summed E-state index contributed by atoms with van der Waals surface area (Å²) in [7, 11) is 1.53. The van der Waals surface area contributed by atoms with E-state index in [1.165, 1.54) is 13.2 Å². The lowest BCUT2D eigenvalue weighted by molar-refractivity contribution is 0.187. The lowest BCUT2D eigenvalue weighted by Crippen LogP contribution is -2.01. The third-order valence-electron chi connectivity index (χ3n) is 3.27. The number of ether oxygens (including phenoxy) is 1. The Balaban J connectivity index is 2.10. The van der Waals surface area contributed by atoms with Gasteiger partial charge in [0, 0.05) is 15.4 Å². The standard InChI is InChI=1S/C16H12BrFO3/c1-20-13-6-5-10(17)8-11(13)15(19)14-7-9-3-2-4-12(18)16(9)21-14/h2-8,15,19H,1H3. The molecule has 0 radical (unpaired) electrons. The maximum absolute atomic E-state index is 13.7. The minimum absolute atomic E-state index is 0.139. The van der Waals surface area contributed by atoms with Crippen LogP contribution in [0.25, 0.3) is 11.0 Å². The number of aliphatic hydroxyl groups excluding tert-OH is 1. The molecule has 0 bridgehead atoms. The van der Waals surface area contributed by atoms with Crippen LogP contribution >= 0.6 is 15.9 Å². The van der Waals surface area contributed by atoms with E-state index in [-0.39, 0.29) is 11.3 Å². The normalized spacial score (nSPS) is 12.6. The van der Waals surface area contributed by atoms with Crippen LogP contribution in [0.1, 0.15) is 17.4 Å². The van der Waals surface area contributed by atoms with Crippen molar-refractivity contribution in [1.82, 2.24) is 0 Å². The summed E-state index contributed by atoms with van der Waals surface area (Å²) in [5.41, 5.74) is 0.687.